The van der Waals surface area contributed by atoms with Crippen LogP contribution in [0.5, 0.6) is 5.75 Å². The summed E-state index contributed by atoms with van der Waals surface area (Å²) in [6, 6.07) is 6.67. The van der Waals surface area contributed by atoms with Crippen molar-refractivity contribution in [3.63, 3.8) is 0 Å². The Morgan fingerprint density at radius 2 is 1.96 bits per heavy atom. The summed E-state index contributed by atoms with van der Waals surface area (Å²) in [5.41, 5.74) is 0.502. The quantitative estimate of drug-likeness (QED) is 0.873. The van der Waals surface area contributed by atoms with Crippen LogP contribution in [0.1, 0.15) is 55.8 Å². The maximum Gasteiger partial charge on any atom is 0.308 e. The van der Waals surface area contributed by atoms with Crippen LogP contribution in [0.4, 0.5) is 0 Å². The van der Waals surface area contributed by atoms with Gasteiger partial charge in [-0.15, -0.1) is 0 Å². The van der Waals surface area contributed by atoms with Crippen LogP contribution in [0.3, 0.4) is 0 Å². The van der Waals surface area contributed by atoms with E-state index in [0.717, 1.165) is 25.7 Å². The molecule has 23 heavy (non-hydrogen) atoms. The van der Waals surface area contributed by atoms with Crippen molar-refractivity contribution in [2.45, 2.75) is 51.5 Å². The van der Waals surface area contributed by atoms with Gasteiger partial charge in [-0.05, 0) is 38.0 Å². The molecule has 1 aliphatic carbocycles. The van der Waals surface area contributed by atoms with Crippen LogP contribution < -0.4 is 10.1 Å². The molecule has 2 N–H and O–H groups in total. The lowest BCUT2D eigenvalue weighted by Crippen LogP contribution is -2.43. The topological polar surface area (TPSA) is 75.6 Å². The first-order valence-electron chi connectivity index (χ1n) is 8.38. The molecule has 2 rings (SSSR count). The fourth-order valence-electron chi connectivity index (χ4n) is 3.10. The number of benzene rings is 1. The van der Waals surface area contributed by atoms with E-state index in [-0.39, 0.29) is 11.9 Å². The molecule has 0 spiro atoms. The van der Waals surface area contributed by atoms with Gasteiger partial charge in [0, 0.05) is 11.6 Å². The number of aliphatic carboxylic acids is 1. The van der Waals surface area contributed by atoms with Crippen LogP contribution in [0.15, 0.2) is 24.3 Å². The van der Waals surface area contributed by atoms with Gasteiger partial charge in [-0.2, -0.15) is 0 Å². The lowest BCUT2D eigenvalue weighted by molar-refractivity contribution is -0.143. The summed E-state index contributed by atoms with van der Waals surface area (Å²) in [5, 5.41) is 12.4. The number of hydrogen-bond donors (Lipinski definition) is 2. The number of carboxylic acids is 1. The van der Waals surface area contributed by atoms with E-state index >= 15 is 0 Å². The van der Waals surface area contributed by atoms with Gasteiger partial charge in [0.05, 0.1) is 12.5 Å². The van der Waals surface area contributed by atoms with Crippen LogP contribution in [-0.4, -0.2) is 29.6 Å². The Labute approximate surface area is 137 Å². The Balaban J connectivity index is 2.09. The smallest absolute Gasteiger partial charge is 0.308 e. The predicted octanol–water partition coefficient (Wildman–Crippen LogP) is 3.24. The van der Waals surface area contributed by atoms with Crippen LogP contribution in [0, 0.1) is 5.92 Å². The highest BCUT2D eigenvalue weighted by Gasteiger charge is 2.30. The molecule has 1 aliphatic rings. The van der Waals surface area contributed by atoms with Crippen LogP contribution in [-0.2, 0) is 4.79 Å². The lowest BCUT2D eigenvalue weighted by atomic mass is 9.86. The molecule has 1 saturated carbocycles. The second kappa shape index (κ2) is 8.56. The lowest BCUT2D eigenvalue weighted by Gasteiger charge is -2.27. The Bertz CT molecular complexity index is 544. The molecule has 2 unspecified atom stereocenters. The third kappa shape index (κ3) is 4.98. The molecule has 0 saturated heterocycles. The van der Waals surface area contributed by atoms with E-state index in [1.165, 1.54) is 0 Å². The largest absolute Gasteiger partial charge is 0.494 e. The minimum Gasteiger partial charge on any atom is -0.494 e. The molecule has 1 aromatic carbocycles. The normalized spacial score (nSPS) is 21.8. The van der Waals surface area contributed by atoms with Crippen LogP contribution in [0.2, 0.25) is 0 Å². The molecule has 5 heteroatoms. The monoisotopic (exact) mass is 319 g/mol. The van der Waals surface area contributed by atoms with Gasteiger partial charge >= 0.3 is 5.97 Å². The van der Waals surface area contributed by atoms with Crippen molar-refractivity contribution in [2.75, 3.05) is 6.61 Å². The van der Waals surface area contributed by atoms with E-state index in [1.807, 2.05) is 6.92 Å². The third-order valence-electron chi connectivity index (χ3n) is 4.31. The molecule has 0 aromatic heterocycles. The van der Waals surface area contributed by atoms with E-state index in [4.69, 9.17) is 4.74 Å². The van der Waals surface area contributed by atoms with Gasteiger partial charge in [-0.1, -0.05) is 31.7 Å². The van der Waals surface area contributed by atoms with Crippen molar-refractivity contribution in [1.82, 2.24) is 5.32 Å². The van der Waals surface area contributed by atoms with Crippen molar-refractivity contribution < 1.29 is 19.4 Å². The minimum absolute atomic E-state index is 0.233. The Hall–Kier alpha value is -2.04. The first-order valence-corrected chi connectivity index (χ1v) is 8.38. The molecular weight excluding hydrogens is 294 g/mol. The second-order valence-corrected chi connectivity index (χ2v) is 5.98. The zero-order valence-corrected chi connectivity index (χ0v) is 13.6. The summed E-state index contributed by atoms with van der Waals surface area (Å²) in [5.74, 6) is -0.912. The first-order chi connectivity index (χ1) is 11.1. The third-order valence-corrected chi connectivity index (χ3v) is 4.31. The number of carbonyl (C=O) groups is 2. The summed E-state index contributed by atoms with van der Waals surface area (Å²) < 4.78 is 5.41. The minimum atomic E-state index is -0.819. The van der Waals surface area contributed by atoms with Gasteiger partial charge in [0.25, 0.3) is 5.91 Å². The highest BCUT2D eigenvalue weighted by atomic mass is 16.5. The SMILES string of the molecule is CCOc1cccc(C(=O)NC2CCCCCCC2C(=O)O)c1. The molecule has 1 amide bonds. The molecule has 0 bridgehead atoms. The number of nitrogens with one attached hydrogen (secondary N) is 1. The van der Waals surface area contributed by atoms with Gasteiger partial charge in [0.1, 0.15) is 5.75 Å². The number of carboxylic acid groups (broad SMARTS) is 1. The zero-order chi connectivity index (χ0) is 16.7. The van der Waals surface area contributed by atoms with Gasteiger partial charge in [-0.3, -0.25) is 9.59 Å². The molecule has 2 atom stereocenters. The Kier molecular flexibility index (Phi) is 6.44. The summed E-state index contributed by atoms with van der Waals surface area (Å²) in [6.45, 7) is 2.42. The predicted molar refractivity (Wildman–Crippen MR) is 87.7 cm³/mol. The van der Waals surface area contributed by atoms with E-state index in [2.05, 4.69) is 5.32 Å². The van der Waals surface area contributed by atoms with Gasteiger partial charge in [0.15, 0.2) is 0 Å². The highest BCUT2D eigenvalue weighted by molar-refractivity contribution is 5.95. The zero-order valence-electron chi connectivity index (χ0n) is 13.6. The molecule has 0 aliphatic heterocycles. The second-order valence-electron chi connectivity index (χ2n) is 5.98. The van der Waals surface area contributed by atoms with E-state index in [0.29, 0.717) is 30.8 Å². The first kappa shape index (κ1) is 17.3. The number of ether oxygens (including phenoxy) is 1. The summed E-state index contributed by atoms with van der Waals surface area (Å²) in [6.07, 6.45) is 5.36. The molecule has 126 valence electrons. The van der Waals surface area contributed by atoms with Crippen molar-refractivity contribution in [3.8, 4) is 5.75 Å². The van der Waals surface area contributed by atoms with Gasteiger partial charge < -0.3 is 15.2 Å². The average Bonchev–Trinajstić information content (AvgIpc) is 2.50. The number of amides is 1. The molecule has 0 heterocycles. The van der Waals surface area contributed by atoms with Crippen molar-refractivity contribution in [2.24, 2.45) is 5.92 Å². The number of carbonyl (C=O) groups excluding carboxylic acids is 1. The van der Waals surface area contributed by atoms with Gasteiger partial charge in [0.2, 0.25) is 0 Å². The highest BCUT2D eigenvalue weighted by Crippen LogP contribution is 2.24. The molecule has 0 radical (unpaired) electrons. The summed E-state index contributed by atoms with van der Waals surface area (Å²) >= 11 is 0. The summed E-state index contributed by atoms with van der Waals surface area (Å²) in [4.78, 5) is 24.0. The standard InChI is InChI=1S/C18H25NO4/c1-2-23-14-9-7-8-13(12-14)17(20)19-16-11-6-4-3-5-10-15(16)18(21)22/h7-9,12,15-16H,2-6,10-11H2,1H3,(H,19,20)(H,21,22). The molecule has 5 nitrogen and oxygen atoms in total. The summed E-state index contributed by atoms with van der Waals surface area (Å²) in [7, 11) is 0. The molecule has 1 aromatic rings. The van der Waals surface area contributed by atoms with Crippen molar-refractivity contribution in [1.29, 1.82) is 0 Å². The van der Waals surface area contributed by atoms with Crippen molar-refractivity contribution in [3.05, 3.63) is 29.8 Å². The van der Waals surface area contributed by atoms with E-state index in [1.54, 1.807) is 24.3 Å². The molecule has 1 fully saturated rings. The molecular formula is C18H25NO4. The average molecular weight is 319 g/mol. The maximum atomic E-state index is 12.5. The Morgan fingerprint density at radius 1 is 1.22 bits per heavy atom. The number of hydrogen-bond acceptors (Lipinski definition) is 3. The van der Waals surface area contributed by atoms with Crippen LogP contribution >= 0.6 is 0 Å². The fraction of sp³-hybridized carbons (Fsp3) is 0.556. The van der Waals surface area contributed by atoms with Crippen molar-refractivity contribution >= 4 is 11.9 Å². The van der Waals surface area contributed by atoms with E-state index < -0.39 is 11.9 Å². The van der Waals surface area contributed by atoms with Crippen LogP contribution in [0.25, 0.3) is 0 Å². The fourth-order valence-corrected chi connectivity index (χ4v) is 3.10. The van der Waals surface area contributed by atoms with E-state index in [9.17, 15) is 14.7 Å². The maximum absolute atomic E-state index is 12.5. The van der Waals surface area contributed by atoms with Gasteiger partial charge in [-0.25, -0.2) is 0 Å². The Morgan fingerprint density at radius 3 is 2.65 bits per heavy atom. The number of rotatable bonds is 5.